The topological polar surface area (TPSA) is 21.3 Å². The van der Waals surface area contributed by atoms with Crippen molar-refractivity contribution in [2.24, 2.45) is 11.8 Å². The van der Waals surface area contributed by atoms with Crippen molar-refractivity contribution >= 4 is 0 Å². The summed E-state index contributed by atoms with van der Waals surface area (Å²) in [7, 11) is 2.11. The Hall–Kier alpha value is -0.0800. The molecular formula is C14H29NO. The molecule has 1 saturated carbocycles. The largest absolute Gasteiger partial charge is 0.378 e. The fourth-order valence-electron chi connectivity index (χ4n) is 2.89. The highest BCUT2D eigenvalue weighted by molar-refractivity contribution is 4.85. The summed E-state index contributed by atoms with van der Waals surface area (Å²) < 4.78 is 5.61. The van der Waals surface area contributed by atoms with E-state index in [0.717, 1.165) is 18.4 Å². The Morgan fingerprint density at radius 3 is 2.50 bits per heavy atom. The van der Waals surface area contributed by atoms with Crippen LogP contribution in [0.25, 0.3) is 0 Å². The van der Waals surface area contributed by atoms with E-state index in [2.05, 4.69) is 33.1 Å². The molecule has 0 spiro atoms. The molecule has 0 aromatic rings. The molecular weight excluding hydrogens is 198 g/mol. The fourth-order valence-corrected chi connectivity index (χ4v) is 2.89. The van der Waals surface area contributed by atoms with Crippen LogP contribution < -0.4 is 5.32 Å². The Labute approximate surface area is 101 Å². The molecule has 1 rings (SSSR count). The second-order valence-electron chi connectivity index (χ2n) is 5.31. The maximum Gasteiger partial charge on any atom is 0.0580 e. The third-order valence-corrected chi connectivity index (χ3v) is 3.98. The number of hydrogen-bond acceptors (Lipinski definition) is 2. The molecule has 16 heavy (non-hydrogen) atoms. The lowest BCUT2D eigenvalue weighted by atomic mass is 9.76. The van der Waals surface area contributed by atoms with Crippen LogP contribution in [0.5, 0.6) is 0 Å². The highest BCUT2D eigenvalue weighted by Gasteiger charge is 2.32. The van der Waals surface area contributed by atoms with Crippen molar-refractivity contribution < 1.29 is 4.74 Å². The molecule has 1 fully saturated rings. The van der Waals surface area contributed by atoms with Crippen molar-refractivity contribution in [1.29, 1.82) is 0 Å². The highest BCUT2D eigenvalue weighted by atomic mass is 16.5. The first-order valence-electron chi connectivity index (χ1n) is 7.00. The quantitative estimate of drug-likeness (QED) is 0.687. The van der Waals surface area contributed by atoms with Gasteiger partial charge in [0.15, 0.2) is 0 Å². The summed E-state index contributed by atoms with van der Waals surface area (Å²) in [4.78, 5) is 0. The van der Waals surface area contributed by atoms with Gasteiger partial charge in [-0.05, 0) is 51.5 Å². The van der Waals surface area contributed by atoms with Gasteiger partial charge >= 0.3 is 0 Å². The summed E-state index contributed by atoms with van der Waals surface area (Å²) in [6, 6.07) is 0.701. The predicted octanol–water partition coefficient (Wildman–Crippen LogP) is 3.22. The normalized spacial score (nSPS) is 28.5. The van der Waals surface area contributed by atoms with E-state index in [9.17, 15) is 0 Å². The first-order valence-corrected chi connectivity index (χ1v) is 7.00. The van der Waals surface area contributed by atoms with Gasteiger partial charge in [-0.2, -0.15) is 0 Å². The number of nitrogens with one attached hydrogen (secondary N) is 1. The zero-order chi connectivity index (χ0) is 12.0. The van der Waals surface area contributed by atoms with Crippen molar-refractivity contribution in [3.8, 4) is 0 Å². The Kier molecular flexibility index (Phi) is 6.37. The molecule has 1 aliphatic carbocycles. The van der Waals surface area contributed by atoms with Gasteiger partial charge in [0.25, 0.3) is 0 Å². The lowest BCUT2D eigenvalue weighted by molar-refractivity contribution is -0.0304. The molecule has 0 bridgehead atoms. The summed E-state index contributed by atoms with van der Waals surface area (Å²) >= 11 is 0. The molecule has 2 atom stereocenters. The van der Waals surface area contributed by atoms with Crippen LogP contribution in [-0.2, 0) is 4.74 Å². The molecule has 2 heteroatoms. The van der Waals surface area contributed by atoms with Gasteiger partial charge in [-0.25, -0.2) is 0 Å². The average Bonchev–Trinajstić information content (AvgIpc) is 2.21. The molecule has 1 N–H and O–H groups in total. The first-order chi connectivity index (χ1) is 7.71. The molecule has 0 saturated heterocycles. The lowest BCUT2D eigenvalue weighted by Gasteiger charge is -2.38. The van der Waals surface area contributed by atoms with Gasteiger partial charge in [0.1, 0.15) is 0 Å². The SMILES string of the molecule is CCCC(C)C(CC1CC(OCC)C1)NC. The van der Waals surface area contributed by atoms with E-state index in [1.54, 1.807) is 0 Å². The zero-order valence-corrected chi connectivity index (χ0v) is 11.5. The van der Waals surface area contributed by atoms with Gasteiger partial charge in [-0.15, -0.1) is 0 Å². The molecule has 96 valence electrons. The van der Waals surface area contributed by atoms with Crippen LogP contribution >= 0.6 is 0 Å². The van der Waals surface area contributed by atoms with E-state index in [-0.39, 0.29) is 0 Å². The van der Waals surface area contributed by atoms with Gasteiger partial charge in [0.05, 0.1) is 6.10 Å². The van der Waals surface area contributed by atoms with Gasteiger partial charge in [0.2, 0.25) is 0 Å². The minimum Gasteiger partial charge on any atom is -0.378 e. The second-order valence-corrected chi connectivity index (χ2v) is 5.31. The molecule has 0 heterocycles. The van der Waals surface area contributed by atoms with Crippen LogP contribution in [0.1, 0.15) is 52.9 Å². The van der Waals surface area contributed by atoms with Crippen LogP contribution in [0.3, 0.4) is 0 Å². The second kappa shape index (κ2) is 7.29. The zero-order valence-electron chi connectivity index (χ0n) is 11.5. The summed E-state index contributed by atoms with van der Waals surface area (Å²) in [6.45, 7) is 7.62. The number of ether oxygens (including phenoxy) is 1. The van der Waals surface area contributed by atoms with Crippen molar-refractivity contribution in [1.82, 2.24) is 5.32 Å². The molecule has 2 unspecified atom stereocenters. The van der Waals surface area contributed by atoms with E-state index in [4.69, 9.17) is 4.74 Å². The number of hydrogen-bond donors (Lipinski definition) is 1. The molecule has 0 aliphatic heterocycles. The van der Waals surface area contributed by atoms with Crippen LogP contribution in [0.15, 0.2) is 0 Å². The van der Waals surface area contributed by atoms with Gasteiger partial charge in [-0.1, -0.05) is 20.3 Å². The van der Waals surface area contributed by atoms with Crippen molar-refractivity contribution in [3.63, 3.8) is 0 Å². The van der Waals surface area contributed by atoms with Crippen LogP contribution in [-0.4, -0.2) is 25.8 Å². The smallest absolute Gasteiger partial charge is 0.0580 e. The van der Waals surface area contributed by atoms with Crippen molar-refractivity contribution in [2.45, 2.75) is 65.0 Å². The molecule has 0 amide bonds. The molecule has 0 radical (unpaired) electrons. The molecule has 1 aliphatic rings. The van der Waals surface area contributed by atoms with Crippen LogP contribution in [0, 0.1) is 11.8 Å². The Morgan fingerprint density at radius 1 is 1.31 bits per heavy atom. The van der Waals surface area contributed by atoms with E-state index in [0.29, 0.717) is 12.1 Å². The van der Waals surface area contributed by atoms with E-state index in [1.807, 2.05) is 0 Å². The molecule has 0 aromatic carbocycles. The summed E-state index contributed by atoms with van der Waals surface area (Å²) in [5.74, 6) is 1.70. The summed E-state index contributed by atoms with van der Waals surface area (Å²) in [5, 5.41) is 3.49. The predicted molar refractivity (Wildman–Crippen MR) is 69.7 cm³/mol. The minimum absolute atomic E-state index is 0.564. The molecule has 0 aromatic heterocycles. The van der Waals surface area contributed by atoms with Crippen LogP contribution in [0.2, 0.25) is 0 Å². The highest BCUT2D eigenvalue weighted by Crippen LogP contribution is 2.35. The Morgan fingerprint density at radius 2 is 2.00 bits per heavy atom. The first kappa shape index (κ1) is 14.0. The van der Waals surface area contributed by atoms with Crippen molar-refractivity contribution in [2.75, 3.05) is 13.7 Å². The Balaban J connectivity index is 2.20. The maximum absolute atomic E-state index is 5.61. The van der Waals surface area contributed by atoms with Gasteiger partial charge in [-0.3, -0.25) is 0 Å². The average molecular weight is 227 g/mol. The summed E-state index contributed by atoms with van der Waals surface area (Å²) in [5.41, 5.74) is 0. The van der Waals surface area contributed by atoms with Gasteiger partial charge < -0.3 is 10.1 Å². The van der Waals surface area contributed by atoms with Crippen molar-refractivity contribution in [3.05, 3.63) is 0 Å². The third-order valence-electron chi connectivity index (χ3n) is 3.98. The standard InChI is InChI=1S/C14H29NO/c1-5-7-11(3)14(15-4)10-12-8-13(9-12)16-6-2/h11-15H,5-10H2,1-4H3. The van der Waals surface area contributed by atoms with E-state index in [1.165, 1.54) is 32.1 Å². The van der Waals surface area contributed by atoms with E-state index < -0.39 is 0 Å². The Bertz CT molecular complexity index is 178. The maximum atomic E-state index is 5.61. The summed E-state index contributed by atoms with van der Waals surface area (Å²) in [6.07, 6.45) is 7.10. The van der Waals surface area contributed by atoms with Gasteiger partial charge in [0, 0.05) is 12.6 Å². The lowest BCUT2D eigenvalue weighted by Crippen LogP contribution is -2.39. The fraction of sp³-hybridized carbons (Fsp3) is 1.00. The number of rotatable bonds is 8. The monoisotopic (exact) mass is 227 g/mol. The van der Waals surface area contributed by atoms with Crippen LogP contribution in [0.4, 0.5) is 0 Å². The minimum atomic E-state index is 0.564. The third kappa shape index (κ3) is 4.06. The van der Waals surface area contributed by atoms with E-state index >= 15 is 0 Å². The molecule has 2 nitrogen and oxygen atoms in total.